The second kappa shape index (κ2) is 5.48. The summed E-state index contributed by atoms with van der Waals surface area (Å²) in [4.78, 5) is 2.58. The van der Waals surface area contributed by atoms with Crippen LogP contribution in [0.1, 0.15) is 39.5 Å². The number of nitrogens with two attached hydrogens (primary N) is 1. The zero-order valence-electron chi connectivity index (χ0n) is 10.7. The summed E-state index contributed by atoms with van der Waals surface area (Å²) in [6.45, 7) is 7.55. The summed E-state index contributed by atoms with van der Waals surface area (Å²) < 4.78 is 5.71. The highest BCUT2D eigenvalue weighted by molar-refractivity contribution is 4.86. The van der Waals surface area contributed by atoms with Crippen molar-refractivity contribution in [3.8, 4) is 0 Å². The average Bonchev–Trinajstić information content (AvgIpc) is 3.10. The predicted octanol–water partition coefficient (Wildman–Crippen LogP) is 1.61. The molecular formula is C13H26N2O. The number of rotatable bonds is 5. The first-order chi connectivity index (χ1) is 7.70. The van der Waals surface area contributed by atoms with Gasteiger partial charge in [0, 0.05) is 25.2 Å². The van der Waals surface area contributed by atoms with E-state index in [9.17, 15) is 0 Å². The number of ether oxygens (including phenoxy) is 1. The molecule has 16 heavy (non-hydrogen) atoms. The van der Waals surface area contributed by atoms with Crippen LogP contribution in [0.2, 0.25) is 0 Å². The van der Waals surface area contributed by atoms with Crippen molar-refractivity contribution in [2.24, 2.45) is 11.7 Å². The molecule has 0 bridgehead atoms. The lowest BCUT2D eigenvalue weighted by atomic mass is 10.1. The SMILES string of the molecule is CCC1COC(C)CN1CCC(N)C1CC1. The molecule has 0 radical (unpaired) electrons. The van der Waals surface area contributed by atoms with E-state index in [2.05, 4.69) is 18.7 Å². The first-order valence-corrected chi connectivity index (χ1v) is 6.82. The third-order valence-corrected chi connectivity index (χ3v) is 4.03. The van der Waals surface area contributed by atoms with Crippen LogP contribution in [-0.2, 0) is 4.74 Å². The van der Waals surface area contributed by atoms with Gasteiger partial charge in [-0.25, -0.2) is 0 Å². The fourth-order valence-corrected chi connectivity index (χ4v) is 2.64. The Morgan fingerprint density at radius 1 is 1.44 bits per heavy atom. The third-order valence-electron chi connectivity index (χ3n) is 4.03. The van der Waals surface area contributed by atoms with Crippen LogP contribution in [0, 0.1) is 5.92 Å². The Kier molecular flexibility index (Phi) is 4.22. The molecule has 3 atom stereocenters. The van der Waals surface area contributed by atoms with Crippen molar-refractivity contribution in [1.82, 2.24) is 4.90 Å². The molecule has 0 spiro atoms. The van der Waals surface area contributed by atoms with E-state index < -0.39 is 0 Å². The quantitative estimate of drug-likeness (QED) is 0.774. The van der Waals surface area contributed by atoms with Crippen molar-refractivity contribution in [2.75, 3.05) is 19.7 Å². The highest BCUT2D eigenvalue weighted by atomic mass is 16.5. The molecule has 0 aromatic heterocycles. The minimum atomic E-state index is 0.389. The molecule has 1 aliphatic heterocycles. The lowest BCUT2D eigenvalue weighted by molar-refractivity contribution is -0.0565. The zero-order valence-corrected chi connectivity index (χ0v) is 10.7. The van der Waals surface area contributed by atoms with Crippen LogP contribution in [0.5, 0.6) is 0 Å². The maximum Gasteiger partial charge on any atom is 0.0674 e. The average molecular weight is 226 g/mol. The van der Waals surface area contributed by atoms with Crippen molar-refractivity contribution in [1.29, 1.82) is 0 Å². The summed E-state index contributed by atoms with van der Waals surface area (Å²) in [5.41, 5.74) is 6.16. The van der Waals surface area contributed by atoms with Crippen molar-refractivity contribution in [3.05, 3.63) is 0 Å². The minimum Gasteiger partial charge on any atom is -0.376 e. The maximum atomic E-state index is 6.16. The molecule has 1 saturated carbocycles. The van der Waals surface area contributed by atoms with Gasteiger partial charge in [0.2, 0.25) is 0 Å². The normalized spacial score (nSPS) is 33.9. The van der Waals surface area contributed by atoms with Crippen LogP contribution < -0.4 is 5.73 Å². The van der Waals surface area contributed by atoms with Gasteiger partial charge >= 0.3 is 0 Å². The molecule has 2 fully saturated rings. The second-order valence-corrected chi connectivity index (χ2v) is 5.49. The maximum absolute atomic E-state index is 6.16. The molecule has 0 aromatic carbocycles. The molecule has 2 N–H and O–H groups in total. The monoisotopic (exact) mass is 226 g/mol. The second-order valence-electron chi connectivity index (χ2n) is 5.49. The van der Waals surface area contributed by atoms with Crippen LogP contribution in [0.15, 0.2) is 0 Å². The van der Waals surface area contributed by atoms with E-state index >= 15 is 0 Å². The molecule has 2 aliphatic rings. The van der Waals surface area contributed by atoms with E-state index in [-0.39, 0.29) is 0 Å². The van der Waals surface area contributed by atoms with Gasteiger partial charge in [-0.15, -0.1) is 0 Å². The number of nitrogens with zero attached hydrogens (tertiary/aromatic N) is 1. The summed E-state index contributed by atoms with van der Waals surface area (Å²) in [6.07, 6.45) is 5.45. The molecule has 1 heterocycles. The summed E-state index contributed by atoms with van der Waals surface area (Å²) in [5.74, 6) is 0.832. The zero-order chi connectivity index (χ0) is 11.5. The highest BCUT2D eigenvalue weighted by Gasteiger charge is 2.30. The van der Waals surface area contributed by atoms with Crippen molar-refractivity contribution >= 4 is 0 Å². The van der Waals surface area contributed by atoms with Gasteiger partial charge < -0.3 is 10.5 Å². The molecule has 3 nitrogen and oxygen atoms in total. The van der Waals surface area contributed by atoms with Gasteiger partial charge in [-0.3, -0.25) is 4.90 Å². The Hall–Kier alpha value is -0.120. The predicted molar refractivity (Wildman–Crippen MR) is 66.4 cm³/mol. The van der Waals surface area contributed by atoms with E-state index in [0.717, 1.165) is 32.0 Å². The van der Waals surface area contributed by atoms with Gasteiger partial charge in [-0.1, -0.05) is 6.92 Å². The van der Waals surface area contributed by atoms with Crippen molar-refractivity contribution in [3.63, 3.8) is 0 Å². The first-order valence-electron chi connectivity index (χ1n) is 6.82. The van der Waals surface area contributed by atoms with Crippen LogP contribution in [0.4, 0.5) is 0 Å². The first kappa shape index (κ1) is 12.3. The molecule has 3 unspecified atom stereocenters. The lowest BCUT2D eigenvalue weighted by Gasteiger charge is -2.38. The van der Waals surface area contributed by atoms with Crippen LogP contribution in [-0.4, -0.2) is 42.8 Å². The van der Waals surface area contributed by atoms with Gasteiger partial charge in [0.05, 0.1) is 12.7 Å². The summed E-state index contributed by atoms with van der Waals surface area (Å²) >= 11 is 0. The van der Waals surface area contributed by atoms with Crippen molar-refractivity contribution < 1.29 is 4.74 Å². The molecule has 1 saturated heterocycles. The van der Waals surface area contributed by atoms with Gasteiger partial charge in [-0.05, 0) is 38.5 Å². The fraction of sp³-hybridized carbons (Fsp3) is 1.00. The van der Waals surface area contributed by atoms with E-state index in [4.69, 9.17) is 10.5 Å². The number of morpholine rings is 1. The molecular weight excluding hydrogens is 200 g/mol. The van der Waals surface area contributed by atoms with E-state index in [1.807, 2.05) is 0 Å². The summed E-state index contributed by atoms with van der Waals surface area (Å²) in [6, 6.07) is 1.05. The van der Waals surface area contributed by atoms with Gasteiger partial charge in [-0.2, -0.15) is 0 Å². The van der Waals surface area contributed by atoms with E-state index in [1.165, 1.54) is 19.3 Å². The fourth-order valence-electron chi connectivity index (χ4n) is 2.64. The smallest absolute Gasteiger partial charge is 0.0674 e. The van der Waals surface area contributed by atoms with E-state index in [1.54, 1.807) is 0 Å². The van der Waals surface area contributed by atoms with Gasteiger partial charge in [0.15, 0.2) is 0 Å². The Balaban J connectivity index is 1.75. The third kappa shape index (κ3) is 3.19. The summed E-state index contributed by atoms with van der Waals surface area (Å²) in [7, 11) is 0. The van der Waals surface area contributed by atoms with Gasteiger partial charge in [0.1, 0.15) is 0 Å². The Morgan fingerprint density at radius 3 is 2.81 bits per heavy atom. The molecule has 3 heteroatoms. The number of hydrogen-bond donors (Lipinski definition) is 1. The summed E-state index contributed by atoms with van der Waals surface area (Å²) in [5, 5.41) is 0. The molecule has 0 aromatic rings. The van der Waals surface area contributed by atoms with E-state index in [0.29, 0.717) is 18.2 Å². The van der Waals surface area contributed by atoms with Crippen LogP contribution in [0.3, 0.4) is 0 Å². The Labute approximate surface area is 99.3 Å². The topological polar surface area (TPSA) is 38.5 Å². The Morgan fingerprint density at radius 2 is 2.19 bits per heavy atom. The Bertz CT molecular complexity index is 218. The largest absolute Gasteiger partial charge is 0.376 e. The highest BCUT2D eigenvalue weighted by Crippen LogP contribution is 2.33. The van der Waals surface area contributed by atoms with Crippen LogP contribution >= 0.6 is 0 Å². The molecule has 1 aliphatic carbocycles. The molecule has 2 rings (SSSR count). The lowest BCUT2D eigenvalue weighted by Crippen LogP contribution is -2.49. The number of hydrogen-bond acceptors (Lipinski definition) is 3. The van der Waals surface area contributed by atoms with Crippen molar-refractivity contribution in [2.45, 2.75) is 57.7 Å². The van der Waals surface area contributed by atoms with Gasteiger partial charge in [0.25, 0.3) is 0 Å². The molecule has 94 valence electrons. The standard InChI is InChI=1S/C13H26N2O/c1-3-12-9-16-10(2)8-15(12)7-6-13(14)11-4-5-11/h10-13H,3-9,14H2,1-2H3. The minimum absolute atomic E-state index is 0.389. The van der Waals surface area contributed by atoms with Crippen LogP contribution in [0.25, 0.3) is 0 Å². The molecule has 0 amide bonds.